The first-order chi connectivity index (χ1) is 7.88. The molecule has 0 spiro atoms. The van der Waals surface area contributed by atoms with E-state index in [0.29, 0.717) is 17.2 Å². The molecule has 0 saturated carbocycles. The summed E-state index contributed by atoms with van der Waals surface area (Å²) in [4.78, 5) is 2.86. The summed E-state index contributed by atoms with van der Waals surface area (Å²) >= 11 is 3.62. The predicted octanol–water partition coefficient (Wildman–Crippen LogP) is 3.06. The van der Waals surface area contributed by atoms with E-state index in [1.807, 2.05) is 0 Å². The molecule has 1 heterocycles. The van der Waals surface area contributed by atoms with Crippen LogP contribution in [-0.2, 0) is 4.74 Å². The van der Waals surface area contributed by atoms with Crippen LogP contribution in [0.5, 0.6) is 0 Å². The maximum absolute atomic E-state index is 11.8. The minimum absolute atomic E-state index is 0.183. The molecule has 0 aromatic rings. The molecule has 102 valence electrons. The lowest BCUT2D eigenvalue weighted by Crippen LogP contribution is -2.40. The topological polar surface area (TPSA) is 12.5 Å². The number of piperidine rings is 1. The van der Waals surface area contributed by atoms with Crippen molar-refractivity contribution in [2.75, 3.05) is 32.8 Å². The van der Waals surface area contributed by atoms with E-state index >= 15 is 0 Å². The van der Waals surface area contributed by atoms with Crippen LogP contribution < -0.4 is 0 Å². The average molecular weight is 318 g/mol. The number of hydrogen-bond acceptors (Lipinski definition) is 2. The summed E-state index contributed by atoms with van der Waals surface area (Å²) in [6.07, 6.45) is -2.44. The molecule has 2 nitrogen and oxygen atoms in total. The normalized spacial score (nSPS) is 27.4. The molecule has 2 atom stereocenters. The number of ether oxygens (including phenoxy) is 1. The zero-order valence-corrected chi connectivity index (χ0v) is 11.6. The minimum Gasteiger partial charge on any atom is -0.372 e. The van der Waals surface area contributed by atoms with Crippen molar-refractivity contribution in [1.82, 2.24) is 4.90 Å². The maximum atomic E-state index is 11.8. The highest BCUT2D eigenvalue weighted by Gasteiger charge is 2.27. The van der Waals surface area contributed by atoms with Crippen LogP contribution in [0.1, 0.15) is 19.8 Å². The molecular formula is C11H19BrF3NO. The first kappa shape index (κ1) is 15.2. The molecule has 17 heavy (non-hydrogen) atoms. The van der Waals surface area contributed by atoms with E-state index in [1.165, 1.54) is 0 Å². The monoisotopic (exact) mass is 317 g/mol. The van der Waals surface area contributed by atoms with Crippen molar-refractivity contribution in [2.24, 2.45) is 5.92 Å². The van der Waals surface area contributed by atoms with E-state index < -0.39 is 12.8 Å². The SMILES string of the molecule is CC1CN(CCCOCC(F)(F)F)CCC1Br. The van der Waals surface area contributed by atoms with Crippen LogP contribution in [0.25, 0.3) is 0 Å². The highest BCUT2D eigenvalue weighted by Crippen LogP contribution is 2.23. The van der Waals surface area contributed by atoms with Gasteiger partial charge in [-0.2, -0.15) is 13.2 Å². The van der Waals surface area contributed by atoms with Crippen LogP contribution in [0.15, 0.2) is 0 Å². The molecule has 1 aliphatic rings. The molecule has 0 N–H and O–H groups in total. The van der Waals surface area contributed by atoms with E-state index in [1.54, 1.807) is 0 Å². The van der Waals surface area contributed by atoms with Gasteiger partial charge in [0.1, 0.15) is 6.61 Å². The lowest BCUT2D eigenvalue weighted by atomic mass is 10.00. The third-order valence-electron chi connectivity index (χ3n) is 2.91. The Kier molecular flexibility index (Phi) is 6.23. The molecule has 6 heteroatoms. The van der Waals surface area contributed by atoms with Gasteiger partial charge in [0.15, 0.2) is 0 Å². The van der Waals surface area contributed by atoms with Crippen LogP contribution in [0.4, 0.5) is 13.2 Å². The number of nitrogens with zero attached hydrogens (tertiary/aromatic N) is 1. The fraction of sp³-hybridized carbons (Fsp3) is 1.00. The van der Waals surface area contributed by atoms with Crippen molar-refractivity contribution in [1.29, 1.82) is 0 Å². The van der Waals surface area contributed by atoms with Gasteiger partial charge >= 0.3 is 6.18 Å². The molecule has 2 unspecified atom stereocenters. The molecule has 0 aromatic carbocycles. The van der Waals surface area contributed by atoms with Crippen molar-refractivity contribution < 1.29 is 17.9 Å². The summed E-state index contributed by atoms with van der Waals surface area (Å²) in [5.74, 6) is 0.597. The molecule has 1 rings (SSSR count). The summed E-state index contributed by atoms with van der Waals surface area (Å²) < 4.78 is 39.9. The van der Waals surface area contributed by atoms with E-state index in [4.69, 9.17) is 0 Å². The van der Waals surface area contributed by atoms with Crippen LogP contribution in [0.2, 0.25) is 0 Å². The van der Waals surface area contributed by atoms with Gasteiger partial charge in [-0.25, -0.2) is 0 Å². The van der Waals surface area contributed by atoms with Crippen molar-refractivity contribution in [3.63, 3.8) is 0 Å². The first-order valence-corrected chi connectivity index (χ1v) is 6.81. The standard InChI is InChI=1S/C11H19BrF3NO/c1-9-7-16(5-3-10(9)12)4-2-6-17-8-11(13,14)15/h9-10H,2-8H2,1H3. The Morgan fingerprint density at radius 1 is 1.41 bits per heavy atom. The lowest BCUT2D eigenvalue weighted by Gasteiger charge is -2.34. The third kappa shape index (κ3) is 6.62. The van der Waals surface area contributed by atoms with Gasteiger partial charge < -0.3 is 9.64 Å². The minimum atomic E-state index is -4.21. The summed E-state index contributed by atoms with van der Waals surface area (Å²) in [7, 11) is 0. The van der Waals surface area contributed by atoms with Crippen LogP contribution in [0.3, 0.4) is 0 Å². The Hall–Kier alpha value is 0.190. The summed E-state index contributed by atoms with van der Waals surface area (Å²) in [5, 5.41) is 0. The molecule has 0 aliphatic carbocycles. The fourth-order valence-corrected chi connectivity index (χ4v) is 2.36. The van der Waals surface area contributed by atoms with Crippen molar-refractivity contribution in [3.05, 3.63) is 0 Å². The van der Waals surface area contributed by atoms with E-state index in [9.17, 15) is 13.2 Å². The molecule has 0 aromatic heterocycles. The number of rotatable bonds is 5. The third-order valence-corrected chi connectivity index (χ3v) is 4.27. The largest absolute Gasteiger partial charge is 0.411 e. The van der Waals surface area contributed by atoms with Crippen molar-refractivity contribution in [2.45, 2.75) is 30.8 Å². The van der Waals surface area contributed by atoms with Crippen molar-refractivity contribution >= 4 is 15.9 Å². The number of halogens is 4. The maximum Gasteiger partial charge on any atom is 0.411 e. The van der Waals surface area contributed by atoms with Gasteiger partial charge in [0.25, 0.3) is 0 Å². The summed E-state index contributed by atoms with van der Waals surface area (Å²) in [6, 6.07) is 0. The Balaban J connectivity index is 2.04. The van der Waals surface area contributed by atoms with E-state index in [2.05, 4.69) is 32.5 Å². The smallest absolute Gasteiger partial charge is 0.372 e. The molecule has 0 radical (unpaired) electrons. The first-order valence-electron chi connectivity index (χ1n) is 5.89. The van der Waals surface area contributed by atoms with Gasteiger partial charge in [-0.15, -0.1) is 0 Å². The van der Waals surface area contributed by atoms with Gasteiger partial charge in [0.05, 0.1) is 0 Å². The number of alkyl halides is 4. The lowest BCUT2D eigenvalue weighted by molar-refractivity contribution is -0.174. The Morgan fingerprint density at radius 2 is 2.12 bits per heavy atom. The molecule has 1 aliphatic heterocycles. The van der Waals surface area contributed by atoms with Gasteiger partial charge in [-0.05, 0) is 25.3 Å². The Labute approximate surface area is 109 Å². The zero-order chi connectivity index (χ0) is 12.9. The molecule has 1 saturated heterocycles. The summed E-state index contributed by atoms with van der Waals surface area (Å²) in [5.41, 5.74) is 0. The highest BCUT2D eigenvalue weighted by atomic mass is 79.9. The molecular weight excluding hydrogens is 299 g/mol. The van der Waals surface area contributed by atoms with E-state index in [-0.39, 0.29) is 6.61 Å². The second-order valence-electron chi connectivity index (χ2n) is 4.60. The number of hydrogen-bond donors (Lipinski definition) is 0. The van der Waals surface area contributed by atoms with Gasteiger partial charge in [0.2, 0.25) is 0 Å². The second-order valence-corrected chi connectivity index (χ2v) is 5.78. The van der Waals surface area contributed by atoms with Crippen LogP contribution >= 0.6 is 15.9 Å². The second kappa shape index (κ2) is 6.95. The Morgan fingerprint density at radius 3 is 2.71 bits per heavy atom. The molecule has 1 fully saturated rings. The van der Waals surface area contributed by atoms with E-state index in [0.717, 1.165) is 26.1 Å². The zero-order valence-electron chi connectivity index (χ0n) is 9.97. The predicted molar refractivity (Wildman–Crippen MR) is 64.4 cm³/mol. The molecule has 0 amide bonds. The number of likely N-dealkylation sites (tertiary alicyclic amines) is 1. The average Bonchev–Trinajstić information content (AvgIpc) is 2.21. The Bertz CT molecular complexity index is 225. The van der Waals surface area contributed by atoms with Gasteiger partial charge in [-0.3, -0.25) is 0 Å². The van der Waals surface area contributed by atoms with Crippen LogP contribution in [-0.4, -0.2) is 48.8 Å². The highest BCUT2D eigenvalue weighted by molar-refractivity contribution is 9.09. The van der Waals surface area contributed by atoms with Gasteiger partial charge in [-0.1, -0.05) is 22.9 Å². The van der Waals surface area contributed by atoms with Crippen LogP contribution in [0, 0.1) is 5.92 Å². The van der Waals surface area contributed by atoms with Gasteiger partial charge in [0, 0.05) is 24.5 Å². The fourth-order valence-electron chi connectivity index (χ4n) is 1.98. The van der Waals surface area contributed by atoms with Crippen molar-refractivity contribution in [3.8, 4) is 0 Å². The quantitative estimate of drug-likeness (QED) is 0.571. The summed E-state index contributed by atoms with van der Waals surface area (Å²) in [6.45, 7) is 4.08. The molecule has 0 bridgehead atoms.